The van der Waals surface area contributed by atoms with Crippen LogP contribution in [0.3, 0.4) is 0 Å². The Morgan fingerprint density at radius 2 is 1.83 bits per heavy atom. The van der Waals surface area contributed by atoms with Gasteiger partial charge in [0.1, 0.15) is 0 Å². The Morgan fingerprint density at radius 3 is 2.64 bits per heavy atom. The maximum absolute atomic E-state index is 13.5. The Kier molecular flexibility index (Phi) is 9.16. The molecule has 0 spiro atoms. The van der Waals surface area contributed by atoms with Crippen LogP contribution in [0.4, 0.5) is 0 Å². The number of imide groups is 1. The number of rotatable bonds is 9. The molecule has 1 fully saturated rings. The molecule has 1 aliphatic carbocycles. The van der Waals surface area contributed by atoms with Crippen molar-refractivity contribution in [2.75, 3.05) is 0 Å². The Morgan fingerprint density at radius 1 is 1.02 bits per heavy atom. The summed E-state index contributed by atoms with van der Waals surface area (Å²) in [6, 6.07) is 11.2. The minimum atomic E-state index is -0.436. The average Bonchev–Trinajstić information content (AvgIpc) is 3.18. The summed E-state index contributed by atoms with van der Waals surface area (Å²) in [4.78, 5) is 49.1. The summed E-state index contributed by atoms with van der Waals surface area (Å²) >= 11 is 0. The van der Waals surface area contributed by atoms with Gasteiger partial charge in [0.2, 0.25) is 17.7 Å². The van der Waals surface area contributed by atoms with Crippen LogP contribution in [0.5, 0.6) is 0 Å². The highest BCUT2D eigenvalue weighted by molar-refractivity contribution is 6.05. The van der Waals surface area contributed by atoms with Crippen LogP contribution in [0, 0.1) is 30.6 Å². The van der Waals surface area contributed by atoms with Gasteiger partial charge in [-0.25, -0.2) is 0 Å². The zero-order chi connectivity index (χ0) is 29.6. The standard InChI is InChI=1S/C34H38N4O4/c1-22-25-17-16-24(33(35)41)21-30(25)38(37-22)20-8-6-4-2-3-5-7-11-23-12-9-14-27-26(23)13-10-15-28(32(27)40)29-18-19-31(39)36-34(29)42/h9,12,14,16-17,21,28-29H,2-6,8,10,13,15,18-20H2,1H3,(H2,35,41)(H,36,39,42). The Balaban J connectivity index is 1.10. The molecule has 1 aromatic heterocycles. The number of benzene rings is 2. The van der Waals surface area contributed by atoms with Gasteiger partial charge in [0, 0.05) is 53.3 Å². The number of aromatic nitrogens is 2. The smallest absolute Gasteiger partial charge is 0.248 e. The molecule has 3 amide bonds. The molecule has 0 saturated carbocycles. The lowest BCUT2D eigenvalue weighted by molar-refractivity contribution is -0.137. The Bertz CT molecular complexity index is 1590. The van der Waals surface area contributed by atoms with E-state index in [2.05, 4.69) is 22.3 Å². The number of carbonyl (C=O) groups excluding carboxylic acids is 4. The monoisotopic (exact) mass is 566 g/mol. The van der Waals surface area contributed by atoms with Gasteiger partial charge in [-0.05, 0) is 69.2 Å². The van der Waals surface area contributed by atoms with Gasteiger partial charge in [-0.1, -0.05) is 49.3 Å². The molecule has 5 rings (SSSR count). The number of nitrogens with two attached hydrogens (primary N) is 1. The highest BCUT2D eigenvalue weighted by Gasteiger charge is 2.39. The third-order valence-electron chi connectivity index (χ3n) is 8.60. The molecular formula is C34H38N4O4. The van der Waals surface area contributed by atoms with Crippen LogP contribution in [0.15, 0.2) is 36.4 Å². The zero-order valence-electron chi connectivity index (χ0n) is 24.2. The van der Waals surface area contributed by atoms with E-state index in [4.69, 9.17) is 5.73 Å². The van der Waals surface area contributed by atoms with Gasteiger partial charge < -0.3 is 5.73 Å². The number of hydrogen-bond acceptors (Lipinski definition) is 5. The van der Waals surface area contributed by atoms with Crippen LogP contribution in [0.2, 0.25) is 0 Å². The first-order valence-corrected chi connectivity index (χ1v) is 15.1. The maximum Gasteiger partial charge on any atom is 0.248 e. The minimum Gasteiger partial charge on any atom is -0.366 e. The number of unbranched alkanes of at least 4 members (excludes halogenated alkanes) is 5. The number of nitrogens with zero attached hydrogens (tertiary/aromatic N) is 2. The number of fused-ring (bicyclic) bond motifs is 2. The molecular weight excluding hydrogens is 528 g/mol. The normalized spacial score (nSPS) is 18.6. The Hall–Kier alpha value is -4.25. The SMILES string of the molecule is Cc1nn(CCCCCCCC#Cc2cccc3c2CCCC(C2CCC(=O)NC2=O)C3=O)c2cc(C(N)=O)ccc12. The average molecular weight is 567 g/mol. The molecule has 2 heterocycles. The van der Waals surface area contributed by atoms with Crippen molar-refractivity contribution in [1.29, 1.82) is 0 Å². The number of primary amides is 1. The Labute approximate surface area is 246 Å². The number of carbonyl (C=O) groups is 4. The third-order valence-corrected chi connectivity index (χ3v) is 8.60. The molecule has 1 aliphatic heterocycles. The molecule has 1 saturated heterocycles. The molecule has 0 radical (unpaired) electrons. The maximum atomic E-state index is 13.5. The van der Waals surface area contributed by atoms with Crippen LogP contribution in [-0.4, -0.2) is 33.3 Å². The van der Waals surface area contributed by atoms with E-state index >= 15 is 0 Å². The zero-order valence-corrected chi connectivity index (χ0v) is 24.2. The van der Waals surface area contributed by atoms with Crippen LogP contribution < -0.4 is 11.1 Å². The van der Waals surface area contributed by atoms with Crippen molar-refractivity contribution in [2.45, 2.75) is 84.1 Å². The van der Waals surface area contributed by atoms with Crippen molar-refractivity contribution >= 4 is 34.4 Å². The van der Waals surface area contributed by atoms with E-state index in [0.717, 1.165) is 85.6 Å². The molecule has 3 N–H and O–H groups in total. The second-order valence-corrected chi connectivity index (χ2v) is 11.5. The van der Waals surface area contributed by atoms with E-state index in [0.29, 0.717) is 30.4 Å². The van der Waals surface area contributed by atoms with Crippen LogP contribution in [-0.2, 0) is 22.6 Å². The number of amides is 3. The van der Waals surface area contributed by atoms with E-state index in [9.17, 15) is 19.2 Å². The van der Waals surface area contributed by atoms with Gasteiger partial charge in [0.25, 0.3) is 0 Å². The van der Waals surface area contributed by atoms with E-state index in [-0.39, 0.29) is 23.5 Å². The first kappa shape index (κ1) is 29.2. The van der Waals surface area contributed by atoms with Crippen LogP contribution in [0.25, 0.3) is 10.9 Å². The fraction of sp³-hybridized carbons (Fsp3) is 0.441. The highest BCUT2D eigenvalue weighted by Crippen LogP contribution is 2.34. The topological polar surface area (TPSA) is 124 Å². The fourth-order valence-corrected chi connectivity index (χ4v) is 6.34. The predicted octanol–water partition coefficient (Wildman–Crippen LogP) is 5.02. The van der Waals surface area contributed by atoms with Crippen molar-refractivity contribution in [2.24, 2.45) is 17.6 Å². The van der Waals surface area contributed by atoms with Gasteiger partial charge in [0.05, 0.1) is 11.2 Å². The van der Waals surface area contributed by atoms with Crippen LogP contribution >= 0.6 is 0 Å². The van der Waals surface area contributed by atoms with E-state index in [1.165, 1.54) is 0 Å². The fourth-order valence-electron chi connectivity index (χ4n) is 6.34. The van der Waals surface area contributed by atoms with Gasteiger partial charge >= 0.3 is 0 Å². The molecule has 2 aliphatic rings. The quantitative estimate of drug-likeness (QED) is 0.163. The van der Waals surface area contributed by atoms with Crippen LogP contribution in [0.1, 0.15) is 102 Å². The van der Waals surface area contributed by atoms with E-state index < -0.39 is 11.8 Å². The number of aryl methyl sites for hydroxylation is 2. The number of nitrogens with one attached hydrogen (secondary N) is 1. The van der Waals surface area contributed by atoms with Crippen molar-refractivity contribution in [3.05, 3.63) is 64.3 Å². The van der Waals surface area contributed by atoms with Gasteiger partial charge in [-0.3, -0.25) is 29.2 Å². The van der Waals surface area contributed by atoms with E-state index in [1.807, 2.05) is 41.9 Å². The second-order valence-electron chi connectivity index (χ2n) is 11.5. The number of piperidine rings is 1. The summed E-state index contributed by atoms with van der Waals surface area (Å²) in [6.45, 7) is 2.78. The molecule has 8 nitrogen and oxygen atoms in total. The van der Waals surface area contributed by atoms with Gasteiger partial charge in [0.15, 0.2) is 5.78 Å². The van der Waals surface area contributed by atoms with Crippen molar-refractivity contribution in [3.63, 3.8) is 0 Å². The summed E-state index contributed by atoms with van der Waals surface area (Å²) < 4.78 is 1.98. The minimum absolute atomic E-state index is 0.00669. The highest BCUT2D eigenvalue weighted by atomic mass is 16.2. The lowest BCUT2D eigenvalue weighted by atomic mass is 9.79. The summed E-state index contributed by atoms with van der Waals surface area (Å²) in [6.07, 6.45) is 9.09. The summed E-state index contributed by atoms with van der Waals surface area (Å²) in [7, 11) is 0. The third kappa shape index (κ3) is 6.46. The summed E-state index contributed by atoms with van der Waals surface area (Å²) in [5, 5.41) is 8.10. The first-order valence-electron chi connectivity index (χ1n) is 15.1. The van der Waals surface area contributed by atoms with Crippen molar-refractivity contribution in [1.82, 2.24) is 15.1 Å². The molecule has 8 heteroatoms. The lowest BCUT2D eigenvalue weighted by Gasteiger charge is -2.27. The predicted molar refractivity (Wildman–Crippen MR) is 161 cm³/mol. The van der Waals surface area contributed by atoms with Crippen molar-refractivity contribution in [3.8, 4) is 11.8 Å². The molecule has 2 unspecified atom stereocenters. The number of Topliss-reactive ketones (excluding diaryl/α,β-unsaturated/α-hetero) is 1. The lowest BCUT2D eigenvalue weighted by Crippen LogP contribution is -2.45. The second kappa shape index (κ2) is 13.2. The molecule has 3 aromatic rings. The molecule has 2 atom stereocenters. The number of hydrogen-bond donors (Lipinski definition) is 2. The van der Waals surface area contributed by atoms with Gasteiger partial charge in [-0.2, -0.15) is 5.10 Å². The van der Waals surface area contributed by atoms with Crippen molar-refractivity contribution < 1.29 is 19.2 Å². The van der Waals surface area contributed by atoms with E-state index in [1.54, 1.807) is 6.07 Å². The summed E-state index contributed by atoms with van der Waals surface area (Å²) in [5.74, 6) is 4.82. The largest absolute Gasteiger partial charge is 0.366 e. The molecule has 42 heavy (non-hydrogen) atoms. The molecule has 0 bridgehead atoms. The number of ketones is 1. The first-order chi connectivity index (χ1) is 20.3. The summed E-state index contributed by atoms with van der Waals surface area (Å²) in [5.41, 5.74) is 10.4. The van der Waals surface area contributed by atoms with Gasteiger partial charge in [-0.15, -0.1) is 0 Å². The molecule has 218 valence electrons. The molecule has 2 aromatic carbocycles.